The van der Waals surface area contributed by atoms with E-state index in [2.05, 4.69) is 45.3 Å². The molecule has 1 N–H and O–H groups in total. The Kier molecular flexibility index (Phi) is 5.02. The molecule has 0 bridgehead atoms. The molecule has 0 aliphatic heterocycles. The van der Waals surface area contributed by atoms with Crippen molar-refractivity contribution in [1.29, 1.82) is 0 Å². The molecule has 132 valence electrons. The van der Waals surface area contributed by atoms with Crippen LogP contribution in [0.2, 0.25) is 0 Å². The molecule has 0 atom stereocenters. The van der Waals surface area contributed by atoms with E-state index in [9.17, 15) is 4.79 Å². The molecule has 5 heteroatoms. The van der Waals surface area contributed by atoms with E-state index in [1.165, 1.54) is 3.57 Å². The molecule has 0 fully saturated rings. The second kappa shape index (κ2) is 7.75. The SMILES string of the molecule is O=C(N/N=C/c1cccn1-c1ccc(I)cc1)c1cccc2ccccc12. The largest absolute Gasteiger partial charge is 0.316 e. The zero-order chi connectivity index (χ0) is 18.6. The second-order valence-corrected chi connectivity index (χ2v) is 7.25. The van der Waals surface area contributed by atoms with Gasteiger partial charge in [-0.25, -0.2) is 5.43 Å². The van der Waals surface area contributed by atoms with Crippen molar-refractivity contribution in [2.75, 3.05) is 0 Å². The highest BCUT2D eigenvalue weighted by molar-refractivity contribution is 14.1. The lowest BCUT2D eigenvalue weighted by Crippen LogP contribution is -2.18. The van der Waals surface area contributed by atoms with Crippen LogP contribution >= 0.6 is 22.6 Å². The van der Waals surface area contributed by atoms with Crippen LogP contribution < -0.4 is 5.43 Å². The molecule has 4 nitrogen and oxygen atoms in total. The summed E-state index contributed by atoms with van der Waals surface area (Å²) >= 11 is 2.28. The van der Waals surface area contributed by atoms with Crippen molar-refractivity contribution >= 4 is 45.5 Å². The Morgan fingerprint density at radius 3 is 2.56 bits per heavy atom. The van der Waals surface area contributed by atoms with Crippen molar-refractivity contribution in [2.24, 2.45) is 5.10 Å². The van der Waals surface area contributed by atoms with Crippen LogP contribution in [0.3, 0.4) is 0 Å². The first kappa shape index (κ1) is 17.5. The minimum atomic E-state index is -0.226. The third-order valence-corrected chi connectivity index (χ3v) is 5.00. The number of carbonyl (C=O) groups excluding carboxylic acids is 1. The molecule has 3 aromatic carbocycles. The van der Waals surface area contributed by atoms with Gasteiger partial charge in [-0.05, 0) is 75.8 Å². The van der Waals surface area contributed by atoms with Crippen LogP contribution in [0.1, 0.15) is 16.1 Å². The van der Waals surface area contributed by atoms with E-state index in [1.807, 2.05) is 77.5 Å². The molecule has 0 saturated carbocycles. The molecular formula is C22H16IN3O. The van der Waals surface area contributed by atoms with Gasteiger partial charge in [-0.2, -0.15) is 5.10 Å². The quantitative estimate of drug-likeness (QED) is 0.258. The first-order valence-corrected chi connectivity index (χ1v) is 9.55. The number of fused-ring (bicyclic) bond motifs is 1. The van der Waals surface area contributed by atoms with Crippen molar-refractivity contribution in [3.8, 4) is 5.69 Å². The number of hydrazone groups is 1. The highest BCUT2D eigenvalue weighted by atomic mass is 127. The van der Waals surface area contributed by atoms with E-state index in [0.29, 0.717) is 5.56 Å². The van der Waals surface area contributed by atoms with Gasteiger partial charge >= 0.3 is 0 Å². The minimum absolute atomic E-state index is 0.226. The average Bonchev–Trinajstić information content (AvgIpc) is 3.16. The van der Waals surface area contributed by atoms with Crippen LogP contribution in [0.4, 0.5) is 0 Å². The number of hydrogen-bond donors (Lipinski definition) is 1. The summed E-state index contributed by atoms with van der Waals surface area (Å²) in [6.45, 7) is 0. The topological polar surface area (TPSA) is 46.4 Å². The van der Waals surface area contributed by atoms with Gasteiger partial charge in [0.25, 0.3) is 5.91 Å². The normalized spacial score (nSPS) is 11.1. The van der Waals surface area contributed by atoms with Crippen LogP contribution in [0, 0.1) is 3.57 Å². The predicted octanol–water partition coefficient (Wildman–Crippen LogP) is 5.00. The van der Waals surface area contributed by atoms with Gasteiger partial charge in [-0.3, -0.25) is 4.79 Å². The van der Waals surface area contributed by atoms with Crippen LogP contribution in [0.5, 0.6) is 0 Å². The van der Waals surface area contributed by atoms with E-state index in [0.717, 1.165) is 22.2 Å². The smallest absolute Gasteiger partial charge is 0.271 e. The maximum absolute atomic E-state index is 12.5. The number of nitrogens with zero attached hydrogens (tertiary/aromatic N) is 2. The molecule has 1 amide bonds. The van der Waals surface area contributed by atoms with Crippen molar-refractivity contribution in [3.63, 3.8) is 0 Å². The van der Waals surface area contributed by atoms with E-state index in [4.69, 9.17) is 0 Å². The van der Waals surface area contributed by atoms with Crippen molar-refractivity contribution in [2.45, 2.75) is 0 Å². The zero-order valence-corrected chi connectivity index (χ0v) is 16.5. The van der Waals surface area contributed by atoms with Gasteiger partial charge in [-0.15, -0.1) is 0 Å². The van der Waals surface area contributed by atoms with E-state index in [1.54, 1.807) is 6.21 Å². The van der Waals surface area contributed by atoms with Crippen LogP contribution in [-0.2, 0) is 0 Å². The second-order valence-electron chi connectivity index (χ2n) is 6.01. The van der Waals surface area contributed by atoms with Crippen molar-refractivity contribution < 1.29 is 4.79 Å². The summed E-state index contributed by atoms with van der Waals surface area (Å²) in [5, 5.41) is 6.10. The monoisotopic (exact) mass is 465 g/mol. The highest BCUT2D eigenvalue weighted by Gasteiger charge is 2.08. The number of carbonyl (C=O) groups is 1. The summed E-state index contributed by atoms with van der Waals surface area (Å²) < 4.78 is 3.20. The standard InChI is InChI=1S/C22H16IN3O/c23-17-10-12-18(13-11-17)26-14-4-7-19(26)15-24-25-22(27)21-9-3-6-16-5-1-2-8-20(16)21/h1-15H,(H,25,27)/b24-15+. The molecule has 0 saturated heterocycles. The summed E-state index contributed by atoms with van der Waals surface area (Å²) in [4.78, 5) is 12.5. The number of nitrogens with one attached hydrogen (secondary N) is 1. The van der Waals surface area contributed by atoms with Crippen molar-refractivity contribution in [3.05, 3.63) is 99.9 Å². The Labute approximate surface area is 170 Å². The fourth-order valence-corrected chi connectivity index (χ4v) is 3.34. The summed E-state index contributed by atoms with van der Waals surface area (Å²) in [5.41, 5.74) is 5.17. The third kappa shape index (κ3) is 3.78. The molecule has 0 unspecified atom stereocenters. The lowest BCUT2D eigenvalue weighted by atomic mass is 10.0. The first-order chi connectivity index (χ1) is 13.2. The highest BCUT2D eigenvalue weighted by Crippen LogP contribution is 2.18. The lowest BCUT2D eigenvalue weighted by molar-refractivity contribution is 0.0957. The number of halogens is 1. The van der Waals surface area contributed by atoms with E-state index < -0.39 is 0 Å². The average molecular weight is 465 g/mol. The molecule has 1 heterocycles. The maximum Gasteiger partial charge on any atom is 0.271 e. The molecule has 0 spiro atoms. The Morgan fingerprint density at radius 2 is 1.70 bits per heavy atom. The number of benzene rings is 3. The zero-order valence-electron chi connectivity index (χ0n) is 14.3. The van der Waals surface area contributed by atoms with Gasteiger partial charge in [0.05, 0.1) is 11.9 Å². The molecule has 0 radical (unpaired) electrons. The van der Waals surface area contributed by atoms with Gasteiger partial charge in [-0.1, -0.05) is 36.4 Å². The third-order valence-electron chi connectivity index (χ3n) is 4.28. The molecule has 4 aromatic rings. The van der Waals surface area contributed by atoms with Gasteiger partial charge in [0.15, 0.2) is 0 Å². The summed E-state index contributed by atoms with van der Waals surface area (Å²) in [7, 11) is 0. The molecule has 0 aliphatic rings. The number of amides is 1. The Morgan fingerprint density at radius 1 is 0.926 bits per heavy atom. The number of rotatable bonds is 4. The molecule has 27 heavy (non-hydrogen) atoms. The molecule has 4 rings (SSSR count). The summed E-state index contributed by atoms with van der Waals surface area (Å²) in [6, 6.07) is 25.6. The summed E-state index contributed by atoms with van der Waals surface area (Å²) in [5.74, 6) is -0.226. The Hall–Kier alpha value is -2.93. The van der Waals surface area contributed by atoms with Gasteiger partial charge in [0.2, 0.25) is 0 Å². The van der Waals surface area contributed by atoms with Crippen LogP contribution in [0.25, 0.3) is 16.5 Å². The molecule has 0 aliphatic carbocycles. The fraction of sp³-hybridized carbons (Fsp3) is 0. The first-order valence-electron chi connectivity index (χ1n) is 8.47. The van der Waals surface area contributed by atoms with Crippen LogP contribution in [-0.4, -0.2) is 16.7 Å². The Balaban J connectivity index is 1.54. The Bertz CT molecular complexity index is 1120. The summed E-state index contributed by atoms with van der Waals surface area (Å²) in [6.07, 6.45) is 3.62. The van der Waals surface area contributed by atoms with Crippen LogP contribution in [0.15, 0.2) is 90.2 Å². The van der Waals surface area contributed by atoms with Gasteiger partial charge in [0, 0.05) is 21.0 Å². The lowest BCUT2D eigenvalue weighted by Gasteiger charge is -2.07. The van der Waals surface area contributed by atoms with E-state index in [-0.39, 0.29) is 5.91 Å². The van der Waals surface area contributed by atoms with Gasteiger partial charge < -0.3 is 4.57 Å². The molecule has 1 aromatic heterocycles. The fourth-order valence-electron chi connectivity index (χ4n) is 2.98. The van der Waals surface area contributed by atoms with Crippen molar-refractivity contribution in [1.82, 2.24) is 9.99 Å². The number of aromatic nitrogens is 1. The molecular weight excluding hydrogens is 449 g/mol. The maximum atomic E-state index is 12.5. The van der Waals surface area contributed by atoms with Gasteiger partial charge in [0.1, 0.15) is 0 Å². The minimum Gasteiger partial charge on any atom is -0.316 e. The van der Waals surface area contributed by atoms with E-state index >= 15 is 0 Å². The number of hydrogen-bond acceptors (Lipinski definition) is 2. The predicted molar refractivity (Wildman–Crippen MR) is 117 cm³/mol.